The van der Waals surface area contributed by atoms with E-state index in [9.17, 15) is 5.11 Å². The summed E-state index contributed by atoms with van der Waals surface area (Å²) in [4.78, 5) is 18.1. The van der Waals surface area contributed by atoms with Gasteiger partial charge in [0.15, 0.2) is 0 Å². The molecule has 2 aliphatic heterocycles. The first-order chi connectivity index (χ1) is 13.3. The fraction of sp³-hybridized carbons (Fsp3) is 0.550. The number of anilines is 2. The second-order valence-corrected chi connectivity index (χ2v) is 7.28. The third-order valence-corrected chi connectivity index (χ3v) is 5.27. The van der Waals surface area contributed by atoms with Crippen molar-refractivity contribution >= 4 is 11.8 Å². The number of aromatic nitrogens is 3. The Bertz CT molecular complexity index is 721. The molecule has 0 unspecified atom stereocenters. The Morgan fingerprint density at radius 1 is 1.00 bits per heavy atom. The topological polar surface area (TPSA) is 74.6 Å². The van der Waals surface area contributed by atoms with E-state index in [1.54, 1.807) is 6.20 Å². The number of hydrogen-bond acceptors (Lipinski definition) is 7. The van der Waals surface area contributed by atoms with Crippen LogP contribution in [0.3, 0.4) is 0 Å². The standard InChI is InChI=1S/C20H27N5O2/c26-17-7-12-24(13-8-17)19-6-10-22-20(23-19)25-11-3-5-18(14-25)27-15-16-4-1-2-9-21-16/h1-2,4,6,9-10,17-18,26H,3,5,7-8,11-15H2/t18-/m1/s1. The molecule has 0 amide bonds. The van der Waals surface area contributed by atoms with E-state index in [1.807, 2.05) is 30.5 Å². The summed E-state index contributed by atoms with van der Waals surface area (Å²) in [6.07, 6.45) is 7.33. The Hall–Kier alpha value is -2.25. The zero-order valence-electron chi connectivity index (χ0n) is 15.6. The minimum atomic E-state index is -0.179. The van der Waals surface area contributed by atoms with Crippen LogP contribution in [0.25, 0.3) is 0 Å². The largest absolute Gasteiger partial charge is 0.393 e. The predicted molar refractivity (Wildman–Crippen MR) is 104 cm³/mol. The lowest BCUT2D eigenvalue weighted by Gasteiger charge is -2.34. The summed E-state index contributed by atoms with van der Waals surface area (Å²) in [5.41, 5.74) is 0.958. The first-order valence-corrected chi connectivity index (χ1v) is 9.80. The summed E-state index contributed by atoms with van der Waals surface area (Å²) < 4.78 is 6.08. The number of aliphatic hydroxyl groups is 1. The monoisotopic (exact) mass is 369 g/mol. The van der Waals surface area contributed by atoms with Gasteiger partial charge in [0, 0.05) is 38.6 Å². The Kier molecular flexibility index (Phi) is 5.79. The van der Waals surface area contributed by atoms with E-state index < -0.39 is 0 Å². The van der Waals surface area contributed by atoms with E-state index in [1.165, 1.54) is 0 Å². The van der Waals surface area contributed by atoms with Gasteiger partial charge in [0.25, 0.3) is 0 Å². The van der Waals surface area contributed by atoms with Gasteiger partial charge in [0.2, 0.25) is 5.95 Å². The molecule has 1 N–H and O–H groups in total. The molecule has 0 radical (unpaired) electrons. The molecule has 0 aliphatic carbocycles. The van der Waals surface area contributed by atoms with Crippen LogP contribution in [0.5, 0.6) is 0 Å². The average Bonchev–Trinajstić information content (AvgIpc) is 2.74. The van der Waals surface area contributed by atoms with Crippen molar-refractivity contribution in [2.45, 2.75) is 44.5 Å². The number of nitrogens with zero attached hydrogens (tertiary/aromatic N) is 5. The molecule has 7 heteroatoms. The molecule has 0 aromatic carbocycles. The highest BCUT2D eigenvalue weighted by atomic mass is 16.5. The highest BCUT2D eigenvalue weighted by molar-refractivity contribution is 5.44. The molecule has 0 saturated carbocycles. The molecule has 4 heterocycles. The van der Waals surface area contributed by atoms with Crippen molar-refractivity contribution in [2.24, 2.45) is 0 Å². The lowest BCUT2D eigenvalue weighted by atomic mass is 10.1. The maximum absolute atomic E-state index is 9.71. The van der Waals surface area contributed by atoms with E-state index in [4.69, 9.17) is 9.72 Å². The van der Waals surface area contributed by atoms with Crippen molar-refractivity contribution in [1.82, 2.24) is 15.0 Å². The second kappa shape index (κ2) is 8.63. The molecule has 27 heavy (non-hydrogen) atoms. The Labute approximate surface area is 160 Å². The molecule has 1 atom stereocenters. The fourth-order valence-electron chi connectivity index (χ4n) is 3.71. The summed E-state index contributed by atoms with van der Waals surface area (Å²) >= 11 is 0. The molecule has 2 aliphatic rings. The fourth-order valence-corrected chi connectivity index (χ4v) is 3.71. The number of hydrogen-bond donors (Lipinski definition) is 1. The lowest BCUT2D eigenvalue weighted by molar-refractivity contribution is 0.0295. The molecular formula is C20H27N5O2. The van der Waals surface area contributed by atoms with Gasteiger partial charge in [0.05, 0.1) is 24.5 Å². The SMILES string of the molecule is OC1CCN(c2ccnc(N3CCC[C@@H](OCc4ccccn4)C3)n2)CC1. The van der Waals surface area contributed by atoms with Gasteiger partial charge < -0.3 is 19.6 Å². The maximum Gasteiger partial charge on any atom is 0.227 e. The molecule has 7 nitrogen and oxygen atoms in total. The van der Waals surface area contributed by atoms with Crippen molar-refractivity contribution in [3.8, 4) is 0 Å². The number of pyridine rings is 1. The van der Waals surface area contributed by atoms with Crippen LogP contribution in [0.4, 0.5) is 11.8 Å². The van der Waals surface area contributed by atoms with Gasteiger partial charge in [-0.25, -0.2) is 4.98 Å². The van der Waals surface area contributed by atoms with Crippen molar-refractivity contribution in [3.05, 3.63) is 42.4 Å². The van der Waals surface area contributed by atoms with Crippen LogP contribution < -0.4 is 9.80 Å². The summed E-state index contributed by atoms with van der Waals surface area (Å²) in [6, 6.07) is 7.85. The molecular weight excluding hydrogens is 342 g/mol. The summed E-state index contributed by atoms with van der Waals surface area (Å²) in [5, 5.41) is 9.71. The number of ether oxygens (including phenoxy) is 1. The van der Waals surface area contributed by atoms with E-state index in [0.29, 0.717) is 6.61 Å². The molecule has 2 aromatic rings. The van der Waals surface area contributed by atoms with Crippen molar-refractivity contribution in [2.75, 3.05) is 36.0 Å². The minimum Gasteiger partial charge on any atom is -0.393 e. The maximum atomic E-state index is 9.71. The summed E-state index contributed by atoms with van der Waals surface area (Å²) in [5.74, 6) is 1.72. The molecule has 2 aromatic heterocycles. The average molecular weight is 369 g/mol. The van der Waals surface area contributed by atoms with Gasteiger partial charge in [-0.15, -0.1) is 0 Å². The quantitative estimate of drug-likeness (QED) is 0.864. The van der Waals surface area contributed by atoms with Crippen LogP contribution in [0.15, 0.2) is 36.7 Å². The zero-order valence-corrected chi connectivity index (χ0v) is 15.6. The van der Waals surface area contributed by atoms with Crippen molar-refractivity contribution < 1.29 is 9.84 Å². The van der Waals surface area contributed by atoms with Crippen LogP contribution in [0, 0.1) is 0 Å². The first-order valence-electron chi connectivity index (χ1n) is 9.80. The first kappa shape index (κ1) is 18.1. The normalized spacial score (nSPS) is 21.4. The van der Waals surface area contributed by atoms with Gasteiger partial charge in [-0.1, -0.05) is 6.07 Å². The Morgan fingerprint density at radius 3 is 2.70 bits per heavy atom. The van der Waals surface area contributed by atoms with E-state index in [2.05, 4.69) is 19.8 Å². The van der Waals surface area contributed by atoms with Gasteiger partial charge in [-0.05, 0) is 43.9 Å². The predicted octanol–water partition coefficient (Wildman–Crippen LogP) is 2.02. The molecule has 0 spiro atoms. The van der Waals surface area contributed by atoms with Crippen LogP contribution in [-0.4, -0.2) is 58.4 Å². The number of aliphatic hydroxyl groups excluding tert-OH is 1. The number of rotatable bonds is 5. The number of piperidine rings is 2. The van der Waals surface area contributed by atoms with Crippen LogP contribution in [0.2, 0.25) is 0 Å². The molecule has 4 rings (SSSR count). The second-order valence-electron chi connectivity index (χ2n) is 7.28. The Balaban J connectivity index is 1.37. The highest BCUT2D eigenvalue weighted by Gasteiger charge is 2.24. The molecule has 2 fully saturated rings. The van der Waals surface area contributed by atoms with Gasteiger partial charge in [-0.2, -0.15) is 4.98 Å². The smallest absolute Gasteiger partial charge is 0.227 e. The van der Waals surface area contributed by atoms with Crippen molar-refractivity contribution in [1.29, 1.82) is 0 Å². The van der Waals surface area contributed by atoms with Gasteiger partial charge in [0.1, 0.15) is 5.82 Å². The van der Waals surface area contributed by atoms with Crippen LogP contribution in [-0.2, 0) is 11.3 Å². The molecule has 2 saturated heterocycles. The summed E-state index contributed by atoms with van der Waals surface area (Å²) in [6.45, 7) is 3.97. The van der Waals surface area contributed by atoms with E-state index >= 15 is 0 Å². The van der Waals surface area contributed by atoms with Crippen molar-refractivity contribution in [3.63, 3.8) is 0 Å². The van der Waals surface area contributed by atoms with Gasteiger partial charge >= 0.3 is 0 Å². The molecule has 144 valence electrons. The third kappa shape index (κ3) is 4.73. The zero-order chi connectivity index (χ0) is 18.5. The van der Waals surface area contributed by atoms with Crippen LogP contribution in [0.1, 0.15) is 31.4 Å². The van der Waals surface area contributed by atoms with E-state index in [0.717, 1.165) is 69.3 Å². The Morgan fingerprint density at radius 2 is 1.89 bits per heavy atom. The van der Waals surface area contributed by atoms with Gasteiger partial charge in [-0.3, -0.25) is 4.98 Å². The summed E-state index contributed by atoms with van der Waals surface area (Å²) in [7, 11) is 0. The minimum absolute atomic E-state index is 0.165. The van der Waals surface area contributed by atoms with Crippen LogP contribution >= 0.6 is 0 Å². The highest BCUT2D eigenvalue weighted by Crippen LogP contribution is 2.23. The third-order valence-electron chi connectivity index (χ3n) is 5.27. The lowest BCUT2D eigenvalue weighted by Crippen LogP contribution is -2.41. The van der Waals surface area contributed by atoms with E-state index in [-0.39, 0.29) is 12.2 Å². The molecule has 0 bridgehead atoms.